The number of benzene rings is 1. The summed E-state index contributed by atoms with van der Waals surface area (Å²) in [5.74, 6) is 1.32. The summed E-state index contributed by atoms with van der Waals surface area (Å²) >= 11 is 0. The minimum Gasteiger partial charge on any atom is -0.343 e. The van der Waals surface area contributed by atoms with Crippen molar-refractivity contribution in [3.8, 4) is 0 Å². The summed E-state index contributed by atoms with van der Waals surface area (Å²) in [6.45, 7) is 11.3. The van der Waals surface area contributed by atoms with Crippen molar-refractivity contribution in [2.24, 2.45) is 11.8 Å². The zero-order valence-electron chi connectivity index (χ0n) is 17.6. The second-order valence-electron chi connectivity index (χ2n) is 8.77. The number of amides is 2. The Hall–Kier alpha value is -1.88. The van der Waals surface area contributed by atoms with E-state index in [9.17, 15) is 9.59 Å². The lowest BCUT2D eigenvalue weighted by Crippen LogP contribution is -2.57. The van der Waals surface area contributed by atoms with Gasteiger partial charge in [-0.05, 0) is 30.2 Å². The summed E-state index contributed by atoms with van der Waals surface area (Å²) < 4.78 is 0. The van der Waals surface area contributed by atoms with E-state index in [4.69, 9.17) is 0 Å². The molecule has 1 aromatic rings. The molecule has 1 aromatic carbocycles. The second kappa shape index (κ2) is 9.55. The lowest BCUT2D eigenvalue weighted by molar-refractivity contribution is -0.139. The van der Waals surface area contributed by atoms with Gasteiger partial charge in [0.25, 0.3) is 0 Å². The molecule has 1 atom stereocenters. The Balaban J connectivity index is 1.54. The average Bonchev–Trinajstić information content (AvgIpc) is 2.69. The smallest absolute Gasteiger partial charge is 0.223 e. The lowest BCUT2D eigenvalue weighted by Gasteiger charge is -2.44. The monoisotopic (exact) mass is 385 g/mol. The Labute approximate surface area is 169 Å². The molecule has 2 fully saturated rings. The van der Waals surface area contributed by atoms with Crippen LogP contribution in [0.25, 0.3) is 0 Å². The minimum absolute atomic E-state index is 0.152. The molecule has 0 spiro atoms. The predicted octanol–water partition coefficient (Wildman–Crippen LogP) is 3.00. The molecule has 2 aliphatic heterocycles. The largest absolute Gasteiger partial charge is 0.343 e. The van der Waals surface area contributed by atoms with Crippen LogP contribution in [0.5, 0.6) is 0 Å². The standard InChI is InChI=1S/C23H35N3O2/c1-18(2)22-17-24(16-21-7-5-4-6-8-21)13-14-26(22)23(28)15-20-9-11-25(12-10-20)19(3)27/h4-8,18,20,22H,9-17H2,1-3H3/t22-/m1/s1. The van der Waals surface area contributed by atoms with Gasteiger partial charge in [-0.15, -0.1) is 0 Å². The topological polar surface area (TPSA) is 43.9 Å². The third-order valence-electron chi connectivity index (χ3n) is 6.36. The van der Waals surface area contributed by atoms with E-state index < -0.39 is 0 Å². The average molecular weight is 386 g/mol. The van der Waals surface area contributed by atoms with Crippen molar-refractivity contribution in [1.29, 1.82) is 0 Å². The number of hydrogen-bond acceptors (Lipinski definition) is 3. The maximum atomic E-state index is 13.1. The van der Waals surface area contributed by atoms with Crippen molar-refractivity contribution in [2.75, 3.05) is 32.7 Å². The van der Waals surface area contributed by atoms with E-state index in [-0.39, 0.29) is 11.9 Å². The SMILES string of the molecule is CC(=O)N1CCC(CC(=O)N2CCN(Cc3ccccc3)C[C@@H]2C(C)C)CC1. The first-order chi connectivity index (χ1) is 13.4. The number of likely N-dealkylation sites (tertiary alicyclic amines) is 1. The van der Waals surface area contributed by atoms with Crippen molar-refractivity contribution in [1.82, 2.24) is 14.7 Å². The fraction of sp³-hybridized carbons (Fsp3) is 0.652. The fourth-order valence-corrected chi connectivity index (χ4v) is 4.55. The number of hydrogen-bond donors (Lipinski definition) is 0. The van der Waals surface area contributed by atoms with Crippen LogP contribution in [0.2, 0.25) is 0 Å². The molecule has 2 heterocycles. The van der Waals surface area contributed by atoms with Gasteiger partial charge < -0.3 is 9.80 Å². The fourth-order valence-electron chi connectivity index (χ4n) is 4.55. The first-order valence-corrected chi connectivity index (χ1v) is 10.7. The highest BCUT2D eigenvalue weighted by molar-refractivity contribution is 5.77. The molecule has 0 aromatic heterocycles. The van der Waals surface area contributed by atoms with E-state index in [1.54, 1.807) is 6.92 Å². The van der Waals surface area contributed by atoms with Crippen molar-refractivity contribution in [3.05, 3.63) is 35.9 Å². The Kier molecular flexibility index (Phi) is 7.11. The number of piperazine rings is 1. The number of rotatable bonds is 5. The van der Waals surface area contributed by atoms with Gasteiger partial charge in [-0.1, -0.05) is 44.2 Å². The molecule has 0 saturated carbocycles. The third kappa shape index (κ3) is 5.34. The zero-order chi connectivity index (χ0) is 20.1. The molecule has 5 nitrogen and oxygen atoms in total. The Bertz CT molecular complexity index is 653. The van der Waals surface area contributed by atoms with Crippen LogP contribution in [0.4, 0.5) is 0 Å². The summed E-state index contributed by atoms with van der Waals surface area (Å²) in [4.78, 5) is 31.1. The maximum Gasteiger partial charge on any atom is 0.223 e. The molecule has 2 aliphatic rings. The molecule has 3 rings (SSSR count). The van der Waals surface area contributed by atoms with Crippen molar-refractivity contribution in [3.63, 3.8) is 0 Å². The Morgan fingerprint density at radius 3 is 2.32 bits per heavy atom. The molecule has 2 saturated heterocycles. The van der Waals surface area contributed by atoms with Crippen LogP contribution in [0.1, 0.15) is 45.6 Å². The summed E-state index contributed by atoms with van der Waals surface area (Å²) in [7, 11) is 0. The highest BCUT2D eigenvalue weighted by Crippen LogP contribution is 2.25. The quantitative estimate of drug-likeness (QED) is 0.783. The second-order valence-corrected chi connectivity index (χ2v) is 8.77. The van der Waals surface area contributed by atoms with E-state index in [0.717, 1.165) is 52.1 Å². The van der Waals surface area contributed by atoms with E-state index in [0.29, 0.717) is 24.2 Å². The zero-order valence-corrected chi connectivity index (χ0v) is 17.6. The first kappa shape index (κ1) is 20.8. The molecule has 0 radical (unpaired) electrons. The molecule has 28 heavy (non-hydrogen) atoms. The molecule has 154 valence electrons. The Morgan fingerprint density at radius 2 is 1.71 bits per heavy atom. The summed E-state index contributed by atoms with van der Waals surface area (Å²) in [5.41, 5.74) is 1.34. The van der Waals surface area contributed by atoms with E-state index in [1.165, 1.54) is 5.56 Å². The van der Waals surface area contributed by atoms with Gasteiger partial charge in [-0.25, -0.2) is 0 Å². The molecule has 0 unspecified atom stereocenters. The normalized spacial score (nSPS) is 21.9. The number of carbonyl (C=O) groups is 2. The molecule has 0 N–H and O–H groups in total. The van der Waals surface area contributed by atoms with Gasteiger partial charge in [0.2, 0.25) is 11.8 Å². The lowest BCUT2D eigenvalue weighted by atomic mass is 9.91. The highest BCUT2D eigenvalue weighted by Gasteiger charge is 2.33. The minimum atomic E-state index is 0.152. The summed E-state index contributed by atoms with van der Waals surface area (Å²) in [6.07, 6.45) is 2.53. The van der Waals surface area contributed by atoms with E-state index in [1.807, 2.05) is 4.90 Å². The maximum absolute atomic E-state index is 13.1. The number of piperidine rings is 1. The number of carbonyl (C=O) groups excluding carboxylic acids is 2. The van der Waals surface area contributed by atoms with E-state index >= 15 is 0 Å². The molecule has 2 amide bonds. The molecular formula is C23H35N3O2. The van der Waals surface area contributed by atoms with Crippen molar-refractivity contribution >= 4 is 11.8 Å². The number of nitrogens with zero attached hydrogens (tertiary/aromatic N) is 3. The van der Waals surface area contributed by atoms with E-state index in [2.05, 4.69) is 54.0 Å². The van der Waals surface area contributed by atoms with Crippen LogP contribution in [0.15, 0.2) is 30.3 Å². The highest BCUT2D eigenvalue weighted by atomic mass is 16.2. The van der Waals surface area contributed by atoms with Crippen molar-refractivity contribution < 1.29 is 9.59 Å². The van der Waals surface area contributed by atoms with Gasteiger partial charge >= 0.3 is 0 Å². The molecule has 0 aliphatic carbocycles. The van der Waals surface area contributed by atoms with Gasteiger partial charge in [-0.3, -0.25) is 14.5 Å². The summed E-state index contributed by atoms with van der Waals surface area (Å²) in [6, 6.07) is 10.9. The van der Waals surface area contributed by atoms with Gasteiger partial charge in [-0.2, -0.15) is 0 Å². The third-order valence-corrected chi connectivity index (χ3v) is 6.36. The van der Waals surface area contributed by atoms with Crippen LogP contribution < -0.4 is 0 Å². The summed E-state index contributed by atoms with van der Waals surface area (Å²) in [5, 5.41) is 0. The predicted molar refractivity (Wildman–Crippen MR) is 112 cm³/mol. The first-order valence-electron chi connectivity index (χ1n) is 10.7. The van der Waals surface area contributed by atoms with Crippen LogP contribution in [-0.4, -0.2) is 65.3 Å². The van der Waals surface area contributed by atoms with Crippen molar-refractivity contribution in [2.45, 2.75) is 52.6 Å². The molecule has 0 bridgehead atoms. The van der Waals surface area contributed by atoms with Gasteiger partial charge in [0.1, 0.15) is 0 Å². The van der Waals surface area contributed by atoms with Crippen LogP contribution in [0, 0.1) is 11.8 Å². The van der Waals surface area contributed by atoms with Gasteiger partial charge in [0.15, 0.2) is 0 Å². The van der Waals surface area contributed by atoms with Crippen LogP contribution in [-0.2, 0) is 16.1 Å². The van der Waals surface area contributed by atoms with Gasteiger partial charge in [0, 0.05) is 58.7 Å². The molecule has 5 heteroatoms. The van der Waals surface area contributed by atoms with Crippen LogP contribution >= 0.6 is 0 Å². The Morgan fingerprint density at radius 1 is 1.04 bits per heavy atom. The van der Waals surface area contributed by atoms with Gasteiger partial charge in [0.05, 0.1) is 0 Å². The van der Waals surface area contributed by atoms with Crippen LogP contribution in [0.3, 0.4) is 0 Å². The molecular weight excluding hydrogens is 350 g/mol.